The maximum atomic E-state index is 4.31. The molecule has 3 rings (SSSR count). The first-order chi connectivity index (χ1) is 6.88. The fourth-order valence-electron chi connectivity index (χ4n) is 1.93. The zero-order chi connectivity index (χ0) is 9.54. The molecule has 1 aromatic heterocycles. The van der Waals surface area contributed by atoms with Crippen LogP contribution >= 0.6 is 15.9 Å². The lowest BCUT2D eigenvalue weighted by atomic mass is 10.3. The molecular formula is C10H14BrN3. The van der Waals surface area contributed by atoms with Gasteiger partial charge in [0.2, 0.25) is 0 Å². The van der Waals surface area contributed by atoms with Gasteiger partial charge in [0.1, 0.15) is 11.6 Å². The molecule has 0 amide bonds. The van der Waals surface area contributed by atoms with Crippen molar-refractivity contribution in [2.24, 2.45) is 5.92 Å². The van der Waals surface area contributed by atoms with E-state index in [9.17, 15) is 0 Å². The van der Waals surface area contributed by atoms with Crippen LogP contribution in [-0.2, 0) is 11.8 Å². The smallest absolute Gasteiger partial charge is 0.143 e. The summed E-state index contributed by atoms with van der Waals surface area (Å²) in [6.07, 6.45) is 6.56. The van der Waals surface area contributed by atoms with E-state index < -0.39 is 0 Å². The number of aromatic nitrogens is 3. The quantitative estimate of drug-likeness (QED) is 0.775. The highest BCUT2D eigenvalue weighted by Crippen LogP contribution is 2.39. The van der Waals surface area contributed by atoms with Crippen molar-refractivity contribution < 1.29 is 0 Å². The Morgan fingerprint density at radius 2 is 1.86 bits per heavy atom. The summed E-state index contributed by atoms with van der Waals surface area (Å²) in [5, 5.41) is 9.39. The first kappa shape index (κ1) is 8.89. The van der Waals surface area contributed by atoms with Gasteiger partial charge in [-0.05, 0) is 31.6 Å². The number of hydrogen-bond acceptors (Lipinski definition) is 2. The predicted molar refractivity (Wildman–Crippen MR) is 57.4 cm³/mol. The van der Waals surface area contributed by atoms with Gasteiger partial charge in [-0.1, -0.05) is 15.9 Å². The fourth-order valence-corrected chi connectivity index (χ4v) is 2.31. The molecule has 0 N–H and O–H groups in total. The molecule has 76 valence electrons. The average Bonchev–Trinajstić information content (AvgIpc) is 3.07. The Kier molecular flexibility index (Phi) is 2.11. The number of rotatable bonds is 4. The van der Waals surface area contributed by atoms with Crippen molar-refractivity contribution in [3.8, 4) is 0 Å². The molecule has 4 heteroatoms. The van der Waals surface area contributed by atoms with Gasteiger partial charge in [-0.3, -0.25) is 0 Å². The number of hydrogen-bond donors (Lipinski definition) is 0. The summed E-state index contributed by atoms with van der Waals surface area (Å²) in [7, 11) is 0. The molecule has 2 saturated carbocycles. The minimum Gasteiger partial charge on any atom is -0.311 e. The second kappa shape index (κ2) is 3.33. The molecule has 0 bridgehead atoms. The van der Waals surface area contributed by atoms with E-state index in [0.717, 1.165) is 23.5 Å². The fraction of sp³-hybridized carbons (Fsp3) is 0.800. The van der Waals surface area contributed by atoms with Gasteiger partial charge >= 0.3 is 0 Å². The van der Waals surface area contributed by atoms with Crippen molar-refractivity contribution in [3.05, 3.63) is 11.6 Å². The topological polar surface area (TPSA) is 30.7 Å². The Balaban J connectivity index is 1.88. The van der Waals surface area contributed by atoms with Gasteiger partial charge in [-0.25, -0.2) is 0 Å². The van der Waals surface area contributed by atoms with Gasteiger partial charge < -0.3 is 4.57 Å². The minimum absolute atomic E-state index is 0.714. The molecule has 0 aromatic carbocycles. The van der Waals surface area contributed by atoms with Gasteiger partial charge in [0.05, 0.1) is 5.33 Å². The molecule has 0 aliphatic heterocycles. The summed E-state index contributed by atoms with van der Waals surface area (Å²) in [5.41, 5.74) is 0. The average molecular weight is 256 g/mol. The lowest BCUT2D eigenvalue weighted by Crippen LogP contribution is -2.05. The monoisotopic (exact) mass is 255 g/mol. The molecule has 0 radical (unpaired) electrons. The summed E-state index contributed by atoms with van der Waals surface area (Å²) in [6.45, 7) is 0. The highest BCUT2D eigenvalue weighted by Gasteiger charge is 2.31. The van der Waals surface area contributed by atoms with E-state index in [1.54, 1.807) is 0 Å². The van der Waals surface area contributed by atoms with Crippen LogP contribution < -0.4 is 0 Å². The third kappa shape index (κ3) is 1.60. The molecule has 14 heavy (non-hydrogen) atoms. The van der Waals surface area contributed by atoms with Crippen molar-refractivity contribution in [3.63, 3.8) is 0 Å². The van der Waals surface area contributed by atoms with E-state index in [2.05, 4.69) is 30.7 Å². The van der Waals surface area contributed by atoms with E-state index in [1.807, 2.05) is 0 Å². The van der Waals surface area contributed by atoms with E-state index >= 15 is 0 Å². The highest BCUT2D eigenvalue weighted by molar-refractivity contribution is 9.08. The summed E-state index contributed by atoms with van der Waals surface area (Å²) < 4.78 is 2.37. The van der Waals surface area contributed by atoms with E-state index in [-0.39, 0.29) is 0 Å². The third-order valence-electron chi connectivity index (χ3n) is 3.04. The zero-order valence-corrected chi connectivity index (χ0v) is 9.70. The number of alkyl halides is 1. The first-order valence-electron chi connectivity index (χ1n) is 5.37. The van der Waals surface area contributed by atoms with E-state index in [1.165, 1.54) is 31.5 Å². The molecule has 1 aromatic rings. The molecule has 3 nitrogen and oxygen atoms in total. The molecular weight excluding hydrogens is 242 g/mol. The Bertz CT molecular complexity index is 339. The molecule has 0 saturated heterocycles. The van der Waals surface area contributed by atoms with Gasteiger partial charge in [-0.15, -0.1) is 10.2 Å². The Labute approximate surface area is 92.0 Å². The van der Waals surface area contributed by atoms with Crippen LogP contribution in [0.25, 0.3) is 0 Å². The van der Waals surface area contributed by atoms with Gasteiger partial charge in [0.15, 0.2) is 0 Å². The van der Waals surface area contributed by atoms with Crippen molar-refractivity contribution in [1.82, 2.24) is 14.8 Å². The Morgan fingerprint density at radius 1 is 1.14 bits per heavy atom. The standard InChI is InChI=1S/C10H14BrN3/c11-6-10-13-12-9(5-7-1-2-7)14(10)8-3-4-8/h7-8H,1-6H2. The van der Waals surface area contributed by atoms with Crippen LogP contribution in [-0.4, -0.2) is 14.8 Å². The highest BCUT2D eigenvalue weighted by atomic mass is 79.9. The lowest BCUT2D eigenvalue weighted by Gasteiger charge is -2.06. The summed E-state index contributed by atoms with van der Waals surface area (Å²) in [6, 6.07) is 0.714. The molecule has 2 aliphatic carbocycles. The number of halogens is 1. The zero-order valence-electron chi connectivity index (χ0n) is 8.12. The number of nitrogens with zero attached hydrogens (tertiary/aromatic N) is 3. The second-order valence-electron chi connectivity index (χ2n) is 4.41. The predicted octanol–water partition coefficient (Wildman–Crippen LogP) is 2.46. The molecule has 0 spiro atoms. The normalized spacial score (nSPS) is 21.5. The molecule has 0 unspecified atom stereocenters. The summed E-state index contributed by atoms with van der Waals surface area (Å²) in [5.74, 6) is 3.24. The SMILES string of the molecule is BrCc1nnc(CC2CC2)n1C1CC1. The summed E-state index contributed by atoms with van der Waals surface area (Å²) >= 11 is 3.48. The van der Waals surface area contributed by atoms with Crippen LogP contribution in [0.4, 0.5) is 0 Å². The summed E-state index contributed by atoms with van der Waals surface area (Å²) in [4.78, 5) is 0. The maximum absolute atomic E-state index is 4.31. The van der Waals surface area contributed by atoms with Gasteiger partial charge in [0.25, 0.3) is 0 Å². The van der Waals surface area contributed by atoms with Crippen molar-refractivity contribution in [2.75, 3.05) is 0 Å². The van der Waals surface area contributed by atoms with Crippen molar-refractivity contribution in [1.29, 1.82) is 0 Å². The Morgan fingerprint density at radius 3 is 2.43 bits per heavy atom. The van der Waals surface area contributed by atoms with Crippen molar-refractivity contribution in [2.45, 2.75) is 43.5 Å². The van der Waals surface area contributed by atoms with Crippen LogP contribution in [0.5, 0.6) is 0 Å². The maximum Gasteiger partial charge on any atom is 0.143 e. The van der Waals surface area contributed by atoms with Crippen LogP contribution in [0.2, 0.25) is 0 Å². The van der Waals surface area contributed by atoms with E-state index in [0.29, 0.717) is 6.04 Å². The van der Waals surface area contributed by atoms with Crippen LogP contribution in [0.15, 0.2) is 0 Å². The molecule has 0 atom stereocenters. The van der Waals surface area contributed by atoms with Crippen LogP contribution in [0.3, 0.4) is 0 Å². The minimum atomic E-state index is 0.714. The van der Waals surface area contributed by atoms with Crippen LogP contribution in [0.1, 0.15) is 43.4 Å². The largest absolute Gasteiger partial charge is 0.311 e. The molecule has 2 fully saturated rings. The van der Waals surface area contributed by atoms with E-state index in [4.69, 9.17) is 0 Å². The second-order valence-corrected chi connectivity index (χ2v) is 4.98. The lowest BCUT2D eigenvalue weighted by molar-refractivity contribution is 0.634. The first-order valence-corrected chi connectivity index (χ1v) is 6.49. The molecule has 2 aliphatic rings. The van der Waals surface area contributed by atoms with Crippen molar-refractivity contribution >= 4 is 15.9 Å². The van der Waals surface area contributed by atoms with Crippen LogP contribution in [0, 0.1) is 5.92 Å². The Hall–Kier alpha value is -0.380. The van der Waals surface area contributed by atoms with Gasteiger partial charge in [-0.2, -0.15) is 0 Å². The molecule has 1 heterocycles. The van der Waals surface area contributed by atoms with Gasteiger partial charge in [0, 0.05) is 12.5 Å². The third-order valence-corrected chi connectivity index (χ3v) is 3.54.